The summed E-state index contributed by atoms with van der Waals surface area (Å²) >= 11 is 36.1. The van der Waals surface area contributed by atoms with Crippen molar-refractivity contribution < 1.29 is 4.92 Å². The molecule has 9 heteroatoms. The fourth-order valence-electron chi connectivity index (χ4n) is 2.10. The van der Waals surface area contributed by atoms with Gasteiger partial charge in [-0.15, -0.1) is 23.2 Å². The van der Waals surface area contributed by atoms with Gasteiger partial charge in [-0.25, -0.2) is 0 Å². The molecule has 3 atom stereocenters. The lowest BCUT2D eigenvalue weighted by molar-refractivity contribution is -0.524. The van der Waals surface area contributed by atoms with Gasteiger partial charge in [-0.2, -0.15) is 0 Å². The first-order valence-electron chi connectivity index (χ1n) is 4.06. The molecule has 0 aromatic heterocycles. The number of halogens is 6. The van der Waals surface area contributed by atoms with Crippen LogP contribution in [-0.2, 0) is 0 Å². The topological polar surface area (TPSA) is 43.1 Å². The van der Waals surface area contributed by atoms with E-state index in [-0.39, 0.29) is 16.5 Å². The molecule has 0 aromatic rings. The predicted molar refractivity (Wildman–Crippen MR) is 65.7 cm³/mol. The van der Waals surface area contributed by atoms with Crippen molar-refractivity contribution >= 4 is 69.6 Å². The van der Waals surface area contributed by atoms with Crippen molar-refractivity contribution in [2.45, 2.75) is 26.5 Å². The minimum absolute atomic E-state index is 0.0195. The van der Waals surface area contributed by atoms with Crippen molar-refractivity contribution in [3.8, 4) is 0 Å². The van der Waals surface area contributed by atoms with Crippen LogP contribution in [0.25, 0.3) is 0 Å². The van der Waals surface area contributed by atoms with Gasteiger partial charge >= 0.3 is 0 Å². The van der Waals surface area contributed by atoms with Crippen LogP contribution in [0.15, 0.2) is 10.1 Å². The van der Waals surface area contributed by atoms with Crippen LogP contribution >= 0.6 is 69.6 Å². The van der Waals surface area contributed by atoms with E-state index in [2.05, 4.69) is 0 Å². The number of nitrogens with zero attached hydrogens (tertiary/aromatic N) is 1. The van der Waals surface area contributed by atoms with E-state index in [4.69, 9.17) is 69.6 Å². The third-order valence-corrected chi connectivity index (χ3v) is 7.27. The first-order valence-corrected chi connectivity index (χ1v) is 6.33. The molecule has 16 heavy (non-hydrogen) atoms. The van der Waals surface area contributed by atoms with Gasteiger partial charge in [0.2, 0.25) is 6.04 Å². The van der Waals surface area contributed by atoms with Gasteiger partial charge in [0, 0.05) is 11.3 Å². The van der Waals surface area contributed by atoms with E-state index < -0.39 is 25.0 Å². The molecule has 0 heterocycles. The van der Waals surface area contributed by atoms with Gasteiger partial charge in [0.05, 0.1) is 10.1 Å². The highest BCUT2D eigenvalue weighted by Gasteiger charge is 2.82. The van der Waals surface area contributed by atoms with E-state index in [0.29, 0.717) is 0 Å². The first-order chi connectivity index (χ1) is 7.10. The smallest absolute Gasteiger partial charge is 0.242 e. The Morgan fingerprint density at radius 2 is 1.69 bits per heavy atom. The molecular weight excluding hydrogens is 343 g/mol. The summed E-state index contributed by atoms with van der Waals surface area (Å²) < 4.78 is -1.81. The molecule has 0 radical (unpaired) electrons. The number of nitro groups is 1. The third kappa shape index (κ3) is 1.15. The molecule has 90 valence electrons. The second-order valence-electron chi connectivity index (χ2n) is 3.72. The molecule has 3 nitrogen and oxygen atoms in total. The average Bonchev–Trinajstić information content (AvgIpc) is 2.39. The molecule has 0 aliphatic heterocycles. The number of alkyl halides is 4. The molecule has 2 bridgehead atoms. The van der Waals surface area contributed by atoms with E-state index in [1.807, 2.05) is 0 Å². The molecule has 1 fully saturated rings. The third-order valence-electron chi connectivity index (χ3n) is 3.00. The molecule has 2 aliphatic carbocycles. The maximum Gasteiger partial charge on any atom is 0.242 e. The maximum atomic E-state index is 10.9. The fourth-order valence-corrected chi connectivity index (χ4v) is 4.82. The van der Waals surface area contributed by atoms with Crippen molar-refractivity contribution in [3.05, 3.63) is 20.2 Å². The van der Waals surface area contributed by atoms with Crippen LogP contribution in [0.4, 0.5) is 0 Å². The normalized spacial score (nSPS) is 45.2. The second kappa shape index (κ2) is 3.46. The van der Waals surface area contributed by atoms with Crippen LogP contribution < -0.4 is 0 Å². The molecule has 0 saturated heterocycles. The van der Waals surface area contributed by atoms with Gasteiger partial charge in [0.15, 0.2) is 9.21 Å². The standard InChI is InChI=1S/C7H3Cl6NO2/c8-3-4(9)6(11)2(14(15)16)1-5(3,10)7(6,12)13/h2H,1H2/t2-,5+,6+/m1/s1. The number of allylic oxidation sites excluding steroid dienone is 1. The predicted octanol–water partition coefficient (Wildman–Crippen LogP) is 3.87. The minimum Gasteiger partial charge on any atom is -0.264 e. The molecular formula is C7H3Cl6NO2. The monoisotopic (exact) mass is 343 g/mol. The Bertz CT molecular complexity index is 423. The molecule has 2 aliphatic rings. The van der Waals surface area contributed by atoms with Crippen molar-refractivity contribution in [2.24, 2.45) is 0 Å². The Hall–Kier alpha value is 0.880. The largest absolute Gasteiger partial charge is 0.264 e. The number of hydrogen-bond donors (Lipinski definition) is 0. The Balaban J connectivity index is 2.69. The lowest BCUT2D eigenvalue weighted by atomic mass is 10.0. The number of rotatable bonds is 1. The van der Waals surface area contributed by atoms with E-state index >= 15 is 0 Å². The van der Waals surface area contributed by atoms with Crippen molar-refractivity contribution in [2.75, 3.05) is 0 Å². The molecule has 1 saturated carbocycles. The maximum absolute atomic E-state index is 10.9. The lowest BCUT2D eigenvalue weighted by Crippen LogP contribution is -2.48. The lowest BCUT2D eigenvalue weighted by Gasteiger charge is -2.30. The summed E-state index contributed by atoms with van der Waals surface area (Å²) in [5.74, 6) is 0. The summed E-state index contributed by atoms with van der Waals surface area (Å²) in [6.45, 7) is 0. The van der Waals surface area contributed by atoms with E-state index in [9.17, 15) is 10.1 Å². The molecule has 0 amide bonds. The van der Waals surface area contributed by atoms with E-state index in [1.54, 1.807) is 0 Å². The highest BCUT2D eigenvalue weighted by atomic mass is 35.5. The van der Waals surface area contributed by atoms with Crippen LogP contribution in [-0.4, -0.2) is 25.0 Å². The van der Waals surface area contributed by atoms with Crippen LogP contribution in [0.1, 0.15) is 6.42 Å². The first kappa shape index (κ1) is 13.3. The van der Waals surface area contributed by atoms with Crippen molar-refractivity contribution in [1.29, 1.82) is 0 Å². The molecule has 0 N–H and O–H groups in total. The molecule has 2 rings (SSSR count). The average molecular weight is 346 g/mol. The highest BCUT2D eigenvalue weighted by Crippen LogP contribution is 2.72. The highest BCUT2D eigenvalue weighted by molar-refractivity contribution is 6.65. The number of fused-ring (bicyclic) bond motifs is 2. The Kier molecular flexibility index (Phi) is 2.88. The van der Waals surface area contributed by atoms with Gasteiger partial charge in [0.1, 0.15) is 4.87 Å². The van der Waals surface area contributed by atoms with Gasteiger partial charge in [-0.3, -0.25) is 10.1 Å². The van der Waals surface area contributed by atoms with Gasteiger partial charge in [-0.05, 0) is 0 Å². The van der Waals surface area contributed by atoms with Crippen LogP contribution in [0.2, 0.25) is 0 Å². The summed E-state index contributed by atoms with van der Waals surface area (Å²) in [5.41, 5.74) is 0. The zero-order chi connectivity index (χ0) is 12.5. The fraction of sp³-hybridized carbons (Fsp3) is 0.714. The molecule has 0 spiro atoms. The minimum atomic E-state index is -1.81. The summed E-state index contributed by atoms with van der Waals surface area (Å²) in [7, 11) is 0. The van der Waals surface area contributed by atoms with Gasteiger partial charge < -0.3 is 0 Å². The summed E-state index contributed by atoms with van der Waals surface area (Å²) in [5, 5.41) is 10.7. The second-order valence-corrected chi connectivity index (χ2v) is 7.05. The van der Waals surface area contributed by atoms with E-state index in [1.165, 1.54) is 0 Å². The zero-order valence-electron chi connectivity index (χ0n) is 7.32. The van der Waals surface area contributed by atoms with E-state index in [0.717, 1.165) is 0 Å². The van der Waals surface area contributed by atoms with Gasteiger partial charge in [0.25, 0.3) is 0 Å². The number of hydrogen-bond acceptors (Lipinski definition) is 2. The summed E-state index contributed by atoms with van der Waals surface area (Å²) in [6, 6.07) is -1.27. The van der Waals surface area contributed by atoms with Gasteiger partial charge in [-0.1, -0.05) is 46.4 Å². The quantitative estimate of drug-likeness (QED) is 0.411. The molecule has 0 aromatic carbocycles. The van der Waals surface area contributed by atoms with Crippen LogP contribution in [0, 0.1) is 10.1 Å². The summed E-state index contributed by atoms with van der Waals surface area (Å²) in [6.07, 6.45) is -0.160. The zero-order valence-corrected chi connectivity index (χ0v) is 11.9. The molecule has 0 unspecified atom stereocenters. The Morgan fingerprint density at radius 3 is 2.00 bits per heavy atom. The van der Waals surface area contributed by atoms with Crippen molar-refractivity contribution in [3.63, 3.8) is 0 Å². The Labute approximate surface area is 121 Å². The van der Waals surface area contributed by atoms with Crippen molar-refractivity contribution in [1.82, 2.24) is 0 Å². The SMILES string of the molecule is O=[N+]([O-])[C@@H]1C[C@]2(Cl)C(Cl)=C(Cl)[C@]1(Cl)C2(Cl)Cl. The van der Waals surface area contributed by atoms with Crippen LogP contribution in [0.3, 0.4) is 0 Å². The summed E-state index contributed by atoms with van der Waals surface area (Å²) in [4.78, 5) is 7.02. The van der Waals surface area contributed by atoms with Crippen LogP contribution in [0.5, 0.6) is 0 Å². The Morgan fingerprint density at radius 1 is 1.19 bits per heavy atom.